The highest BCUT2D eigenvalue weighted by Crippen LogP contribution is 2.55. The Bertz CT molecular complexity index is 1650. The van der Waals surface area contributed by atoms with E-state index in [4.69, 9.17) is 0 Å². The fourth-order valence-electron chi connectivity index (χ4n) is 8.40. The van der Waals surface area contributed by atoms with E-state index in [0.717, 1.165) is 11.8 Å². The molecule has 3 atom stereocenters. The van der Waals surface area contributed by atoms with Crippen molar-refractivity contribution in [1.82, 2.24) is 0 Å². The van der Waals surface area contributed by atoms with Crippen LogP contribution in [0.5, 0.6) is 0 Å². The molecule has 0 spiro atoms. The van der Waals surface area contributed by atoms with Gasteiger partial charge in [-0.1, -0.05) is 115 Å². The van der Waals surface area contributed by atoms with Crippen molar-refractivity contribution < 1.29 is 0 Å². The largest absolute Gasteiger partial charge is 0.0836 e. The highest BCUT2D eigenvalue weighted by molar-refractivity contribution is 6.05. The molecular weight excluding hydrogens is 468 g/mol. The van der Waals surface area contributed by atoms with E-state index in [0.29, 0.717) is 5.92 Å². The normalized spacial score (nSPS) is 24.1. The lowest BCUT2D eigenvalue weighted by molar-refractivity contribution is 0.373. The molecule has 4 aliphatic carbocycles. The Labute approximate surface area is 232 Å². The summed E-state index contributed by atoms with van der Waals surface area (Å²) < 4.78 is 0. The number of rotatable bonds is 2. The molecule has 0 aromatic heterocycles. The molecule has 4 aromatic rings. The molecule has 0 aliphatic heterocycles. The highest BCUT2D eigenvalue weighted by atomic mass is 14.4. The summed E-state index contributed by atoms with van der Waals surface area (Å²) in [5, 5.41) is 2.81. The van der Waals surface area contributed by atoms with Crippen LogP contribution in [0.4, 0.5) is 0 Å². The molecule has 1 unspecified atom stereocenters. The van der Waals surface area contributed by atoms with E-state index >= 15 is 0 Å². The molecule has 0 heteroatoms. The lowest BCUT2D eigenvalue weighted by atomic mass is 9.65. The fourth-order valence-corrected chi connectivity index (χ4v) is 8.40. The summed E-state index contributed by atoms with van der Waals surface area (Å²) in [5.74, 6) is 2.05. The van der Waals surface area contributed by atoms with E-state index in [9.17, 15) is 0 Å². The third-order valence-electron chi connectivity index (χ3n) is 10.2. The molecular formula is C39H36. The number of hydrogen-bond acceptors (Lipinski definition) is 0. The fraction of sp³-hybridized carbons (Fsp3) is 0.282. The third kappa shape index (κ3) is 3.88. The van der Waals surface area contributed by atoms with Crippen molar-refractivity contribution in [3.63, 3.8) is 0 Å². The Morgan fingerprint density at radius 2 is 1.44 bits per heavy atom. The van der Waals surface area contributed by atoms with Gasteiger partial charge in [-0.05, 0) is 113 Å². The molecule has 0 bridgehead atoms. The van der Waals surface area contributed by atoms with Crippen LogP contribution in [-0.4, -0.2) is 0 Å². The van der Waals surface area contributed by atoms with Gasteiger partial charge in [-0.15, -0.1) is 0 Å². The smallest absolute Gasteiger partial charge is 0.00952 e. The summed E-state index contributed by atoms with van der Waals surface area (Å²) in [6.07, 6.45) is 15.1. The quantitative estimate of drug-likeness (QED) is 0.255. The van der Waals surface area contributed by atoms with Gasteiger partial charge in [0.25, 0.3) is 0 Å². The summed E-state index contributed by atoms with van der Waals surface area (Å²) in [6.45, 7) is 0. The summed E-state index contributed by atoms with van der Waals surface area (Å²) in [7, 11) is 0. The van der Waals surface area contributed by atoms with Crippen molar-refractivity contribution in [2.24, 2.45) is 11.8 Å². The van der Waals surface area contributed by atoms with Gasteiger partial charge in [-0.25, -0.2) is 0 Å². The van der Waals surface area contributed by atoms with E-state index < -0.39 is 0 Å². The van der Waals surface area contributed by atoms with Crippen molar-refractivity contribution in [3.8, 4) is 11.1 Å². The Kier molecular flexibility index (Phi) is 5.68. The van der Waals surface area contributed by atoms with Gasteiger partial charge in [0.1, 0.15) is 0 Å². The summed E-state index contributed by atoms with van der Waals surface area (Å²) >= 11 is 0. The Morgan fingerprint density at radius 1 is 0.692 bits per heavy atom. The van der Waals surface area contributed by atoms with Crippen LogP contribution in [0, 0.1) is 11.8 Å². The van der Waals surface area contributed by atoms with Crippen LogP contribution in [-0.2, 0) is 6.42 Å². The third-order valence-corrected chi connectivity index (χ3v) is 10.2. The molecule has 8 rings (SSSR count). The molecule has 1 fully saturated rings. The molecule has 4 aliphatic rings. The maximum absolute atomic E-state index is 2.50. The standard InChI is InChI=1S/C39H36/c1-3-12-26(13-4-1)34-24-30-16-7-9-20-32(30)38-36(34)22-28-18-11-19-29(28)23-37-35(27-14-5-2-6-15-27)25-31-17-8-10-21-33(31)39(37)38/h1-7,9-10,12-16,20-21,24,28-29,35H,8,11,17-19,22-23,25H2/t28?,29-,35-/m0/s1. The molecule has 192 valence electrons. The number of hydrogen-bond donors (Lipinski definition) is 0. The van der Waals surface area contributed by atoms with Crippen molar-refractivity contribution >= 4 is 16.3 Å². The van der Waals surface area contributed by atoms with E-state index in [1.165, 1.54) is 78.8 Å². The van der Waals surface area contributed by atoms with E-state index in [1.807, 2.05) is 0 Å². The van der Waals surface area contributed by atoms with Crippen LogP contribution in [0.3, 0.4) is 0 Å². The second-order valence-corrected chi connectivity index (χ2v) is 12.3. The lowest BCUT2D eigenvalue weighted by Gasteiger charge is -2.39. The van der Waals surface area contributed by atoms with Gasteiger partial charge in [-0.3, -0.25) is 0 Å². The van der Waals surface area contributed by atoms with E-state index in [2.05, 4.69) is 103 Å². The van der Waals surface area contributed by atoms with Gasteiger partial charge in [0.2, 0.25) is 0 Å². The molecule has 0 saturated heterocycles. The average Bonchev–Trinajstić information content (AvgIpc) is 3.42. The molecule has 0 N–H and O–H groups in total. The Morgan fingerprint density at radius 3 is 2.28 bits per heavy atom. The first-order chi connectivity index (χ1) is 19.3. The zero-order valence-corrected chi connectivity index (χ0v) is 22.7. The molecule has 0 radical (unpaired) electrons. The zero-order valence-electron chi connectivity index (χ0n) is 22.7. The van der Waals surface area contributed by atoms with Crippen LogP contribution >= 0.6 is 0 Å². The highest BCUT2D eigenvalue weighted by Gasteiger charge is 2.39. The molecule has 39 heavy (non-hydrogen) atoms. The Hall–Kier alpha value is -3.64. The lowest BCUT2D eigenvalue weighted by Crippen LogP contribution is -2.23. The van der Waals surface area contributed by atoms with Gasteiger partial charge in [-0.2, -0.15) is 0 Å². The molecule has 1 saturated carbocycles. The minimum Gasteiger partial charge on any atom is -0.0836 e. The maximum atomic E-state index is 2.50. The number of fused-ring (bicyclic) bond motifs is 6. The zero-order chi connectivity index (χ0) is 25.8. The van der Waals surface area contributed by atoms with Crippen molar-refractivity contribution in [2.75, 3.05) is 0 Å². The minimum atomic E-state index is 0.484. The first-order valence-corrected chi connectivity index (χ1v) is 15.1. The SMILES string of the molecule is C1=CC2=C(CC1)C[C@@H](c1ccccc1)C1=C2c2c(c(-c3ccccc3)cc3ccccc23)CC2CCC[C@H]2C1. The van der Waals surface area contributed by atoms with Gasteiger partial charge < -0.3 is 0 Å². The first kappa shape index (κ1) is 23.3. The second-order valence-electron chi connectivity index (χ2n) is 12.3. The van der Waals surface area contributed by atoms with E-state index in [-0.39, 0.29) is 0 Å². The van der Waals surface area contributed by atoms with Gasteiger partial charge in [0, 0.05) is 5.92 Å². The van der Waals surface area contributed by atoms with Crippen LogP contribution in [0.15, 0.2) is 120 Å². The topological polar surface area (TPSA) is 0 Å². The first-order valence-electron chi connectivity index (χ1n) is 15.1. The monoisotopic (exact) mass is 504 g/mol. The molecule has 4 aromatic carbocycles. The van der Waals surface area contributed by atoms with Crippen LogP contribution in [0.2, 0.25) is 0 Å². The maximum Gasteiger partial charge on any atom is 0.00952 e. The average molecular weight is 505 g/mol. The minimum absolute atomic E-state index is 0.484. The Balaban J connectivity index is 1.51. The predicted molar refractivity (Wildman–Crippen MR) is 165 cm³/mol. The number of benzene rings is 4. The van der Waals surface area contributed by atoms with Crippen molar-refractivity contribution in [3.05, 3.63) is 137 Å². The van der Waals surface area contributed by atoms with Crippen LogP contribution in [0.1, 0.15) is 67.6 Å². The second kappa shape index (κ2) is 9.53. The van der Waals surface area contributed by atoms with Crippen LogP contribution < -0.4 is 0 Å². The van der Waals surface area contributed by atoms with Gasteiger partial charge >= 0.3 is 0 Å². The van der Waals surface area contributed by atoms with Crippen molar-refractivity contribution in [2.45, 2.75) is 57.3 Å². The van der Waals surface area contributed by atoms with Gasteiger partial charge in [0.15, 0.2) is 0 Å². The number of allylic oxidation sites excluding steroid dienone is 6. The van der Waals surface area contributed by atoms with Gasteiger partial charge in [0.05, 0.1) is 0 Å². The molecule has 0 amide bonds. The molecule has 0 heterocycles. The predicted octanol–water partition coefficient (Wildman–Crippen LogP) is 10.5. The summed E-state index contributed by atoms with van der Waals surface area (Å²) in [5.41, 5.74) is 14.0. The van der Waals surface area contributed by atoms with Crippen molar-refractivity contribution in [1.29, 1.82) is 0 Å². The van der Waals surface area contributed by atoms with Crippen LogP contribution in [0.25, 0.3) is 27.5 Å². The molecule has 0 nitrogen and oxygen atoms in total. The van der Waals surface area contributed by atoms with E-state index in [1.54, 1.807) is 33.4 Å². The summed E-state index contributed by atoms with van der Waals surface area (Å²) in [6, 6.07) is 34.4. The summed E-state index contributed by atoms with van der Waals surface area (Å²) in [4.78, 5) is 0.